The number of methoxy groups -OCH3 is 1. The molecule has 3 aromatic rings. The molecular formula is C24H25FN4O3. The highest BCUT2D eigenvalue weighted by molar-refractivity contribution is 6.12. The van der Waals surface area contributed by atoms with Crippen LogP contribution in [0.2, 0.25) is 0 Å². The minimum atomic E-state index is -1.25. The lowest BCUT2D eigenvalue weighted by Crippen LogP contribution is -2.64. The fraction of sp³-hybridized carbons (Fsp3) is 0.292. The van der Waals surface area contributed by atoms with Crippen LogP contribution in [-0.2, 0) is 16.1 Å². The smallest absolute Gasteiger partial charge is 0.277 e. The Morgan fingerprint density at radius 2 is 1.91 bits per heavy atom. The molecule has 2 amide bonds. The summed E-state index contributed by atoms with van der Waals surface area (Å²) in [6, 6.07) is 16.8. The Bertz CT molecular complexity index is 1110. The molecule has 32 heavy (non-hydrogen) atoms. The third-order valence-electron chi connectivity index (χ3n) is 5.61. The van der Waals surface area contributed by atoms with Crippen LogP contribution in [0.1, 0.15) is 23.8 Å². The number of amides is 2. The van der Waals surface area contributed by atoms with Gasteiger partial charge < -0.3 is 10.1 Å². The Labute approximate surface area is 185 Å². The second kappa shape index (κ2) is 8.92. The summed E-state index contributed by atoms with van der Waals surface area (Å²) in [6.07, 6.45) is 0.647. The van der Waals surface area contributed by atoms with Gasteiger partial charge in [0.05, 0.1) is 12.2 Å². The monoisotopic (exact) mass is 436 g/mol. The first kappa shape index (κ1) is 21.7. The number of fused-ring (bicyclic) bond motifs is 1. The van der Waals surface area contributed by atoms with Gasteiger partial charge in [-0.05, 0) is 43.7 Å². The lowest BCUT2D eigenvalue weighted by Gasteiger charge is -2.43. The van der Waals surface area contributed by atoms with E-state index in [-0.39, 0.29) is 18.4 Å². The lowest BCUT2D eigenvalue weighted by molar-refractivity contribution is -0.126. The van der Waals surface area contributed by atoms with Gasteiger partial charge in [-0.1, -0.05) is 30.3 Å². The van der Waals surface area contributed by atoms with E-state index in [2.05, 4.69) is 10.4 Å². The van der Waals surface area contributed by atoms with Gasteiger partial charge in [-0.25, -0.2) is 4.39 Å². The van der Waals surface area contributed by atoms with Crippen LogP contribution in [0.3, 0.4) is 0 Å². The molecule has 1 N–H and O–H groups in total. The number of aromatic nitrogens is 2. The molecule has 166 valence electrons. The number of halogens is 1. The van der Waals surface area contributed by atoms with Crippen LogP contribution < -0.4 is 10.2 Å². The highest BCUT2D eigenvalue weighted by Gasteiger charge is 2.48. The zero-order valence-corrected chi connectivity index (χ0v) is 18.0. The maximum Gasteiger partial charge on any atom is 0.277 e. The van der Waals surface area contributed by atoms with E-state index in [0.29, 0.717) is 36.6 Å². The molecule has 4 rings (SSSR count). The topological polar surface area (TPSA) is 76.5 Å². The van der Waals surface area contributed by atoms with Gasteiger partial charge >= 0.3 is 0 Å². The molecule has 0 fully saturated rings. The molecule has 0 aliphatic carbocycles. The van der Waals surface area contributed by atoms with Gasteiger partial charge in [0.25, 0.3) is 5.91 Å². The van der Waals surface area contributed by atoms with E-state index in [4.69, 9.17) is 4.74 Å². The Morgan fingerprint density at radius 3 is 2.59 bits per heavy atom. The van der Waals surface area contributed by atoms with Crippen LogP contribution in [0, 0.1) is 5.82 Å². The number of hydrogen-bond acceptors (Lipinski definition) is 4. The van der Waals surface area contributed by atoms with Crippen LogP contribution >= 0.6 is 0 Å². The molecule has 0 spiro atoms. The molecule has 0 saturated carbocycles. The number of anilines is 1. The molecule has 1 aliphatic heterocycles. The summed E-state index contributed by atoms with van der Waals surface area (Å²) >= 11 is 0. The average molecular weight is 436 g/mol. The van der Waals surface area contributed by atoms with Crippen molar-refractivity contribution in [3.63, 3.8) is 0 Å². The number of nitrogens with one attached hydrogen (secondary N) is 1. The van der Waals surface area contributed by atoms with Gasteiger partial charge in [-0.15, -0.1) is 0 Å². The van der Waals surface area contributed by atoms with Crippen LogP contribution in [0.25, 0.3) is 11.3 Å². The van der Waals surface area contributed by atoms with E-state index in [1.54, 1.807) is 24.8 Å². The highest BCUT2D eigenvalue weighted by atomic mass is 19.1. The van der Waals surface area contributed by atoms with Gasteiger partial charge in [0.15, 0.2) is 0 Å². The number of carbonyl (C=O) groups excluding carboxylic acids is 2. The summed E-state index contributed by atoms with van der Waals surface area (Å²) in [4.78, 5) is 28.4. The molecule has 1 aromatic heterocycles. The largest absolute Gasteiger partial charge is 0.385 e. The van der Waals surface area contributed by atoms with Gasteiger partial charge in [0.2, 0.25) is 5.91 Å². The molecule has 0 bridgehead atoms. The quantitative estimate of drug-likeness (QED) is 0.577. The van der Waals surface area contributed by atoms with Gasteiger partial charge in [0.1, 0.15) is 17.1 Å². The lowest BCUT2D eigenvalue weighted by atomic mass is 9.94. The van der Waals surface area contributed by atoms with Crippen molar-refractivity contribution in [2.75, 3.05) is 25.2 Å². The van der Waals surface area contributed by atoms with Crippen molar-refractivity contribution in [3.8, 4) is 11.3 Å². The molecule has 0 saturated heterocycles. The maximum atomic E-state index is 13.6. The Morgan fingerprint density at radius 1 is 1.19 bits per heavy atom. The number of hydrogen-bond donors (Lipinski definition) is 1. The summed E-state index contributed by atoms with van der Waals surface area (Å²) in [5, 5.41) is 7.51. The number of rotatable bonds is 7. The summed E-state index contributed by atoms with van der Waals surface area (Å²) in [5.74, 6) is -1.10. The summed E-state index contributed by atoms with van der Waals surface area (Å²) in [7, 11) is 1.60. The second-order valence-electron chi connectivity index (χ2n) is 7.93. The number of benzene rings is 2. The first-order valence-corrected chi connectivity index (χ1v) is 10.4. The summed E-state index contributed by atoms with van der Waals surface area (Å²) < 4.78 is 20.2. The normalized spacial score (nSPS) is 17.8. The Kier molecular flexibility index (Phi) is 6.05. The maximum absolute atomic E-state index is 13.6. The SMILES string of the molecule is COCCCNC(=O)C1(C)Cn2nc(-c3ccccc3)cc2C(=O)N1c1ccc(F)cc1. The van der Waals surface area contributed by atoms with Crippen molar-refractivity contribution in [2.24, 2.45) is 0 Å². The molecule has 1 unspecified atom stereocenters. The molecule has 1 aliphatic rings. The molecule has 1 atom stereocenters. The Balaban J connectivity index is 1.74. The molecule has 0 radical (unpaired) electrons. The third-order valence-corrected chi connectivity index (χ3v) is 5.61. The van der Waals surface area contributed by atoms with E-state index in [9.17, 15) is 14.0 Å². The van der Waals surface area contributed by atoms with Gasteiger partial charge in [0, 0.05) is 31.5 Å². The average Bonchev–Trinajstić information content (AvgIpc) is 3.22. The first-order chi connectivity index (χ1) is 15.4. The van der Waals surface area contributed by atoms with Crippen LogP contribution in [0.5, 0.6) is 0 Å². The fourth-order valence-corrected chi connectivity index (χ4v) is 3.94. The van der Waals surface area contributed by atoms with Crippen molar-refractivity contribution in [3.05, 3.63) is 72.2 Å². The van der Waals surface area contributed by atoms with Crippen molar-refractivity contribution in [1.29, 1.82) is 0 Å². The van der Waals surface area contributed by atoms with Crippen molar-refractivity contribution < 1.29 is 18.7 Å². The summed E-state index contributed by atoms with van der Waals surface area (Å²) in [5.41, 5.74) is 1.09. The van der Waals surface area contributed by atoms with E-state index < -0.39 is 11.4 Å². The summed E-state index contributed by atoms with van der Waals surface area (Å²) in [6.45, 7) is 2.79. The molecule has 2 aromatic carbocycles. The number of carbonyl (C=O) groups is 2. The van der Waals surface area contributed by atoms with E-state index >= 15 is 0 Å². The van der Waals surface area contributed by atoms with Crippen LogP contribution in [-0.4, -0.2) is 47.4 Å². The third kappa shape index (κ3) is 4.01. The first-order valence-electron chi connectivity index (χ1n) is 10.4. The van der Waals surface area contributed by atoms with Crippen molar-refractivity contribution in [2.45, 2.75) is 25.4 Å². The minimum Gasteiger partial charge on any atom is -0.385 e. The van der Waals surface area contributed by atoms with E-state index in [0.717, 1.165) is 5.56 Å². The number of nitrogens with zero attached hydrogens (tertiary/aromatic N) is 3. The predicted octanol–water partition coefficient (Wildman–Crippen LogP) is 3.26. The minimum absolute atomic E-state index is 0.161. The molecular weight excluding hydrogens is 411 g/mol. The van der Waals surface area contributed by atoms with Gasteiger partial charge in [-0.2, -0.15) is 5.10 Å². The van der Waals surface area contributed by atoms with Crippen LogP contribution in [0.4, 0.5) is 10.1 Å². The second-order valence-corrected chi connectivity index (χ2v) is 7.93. The van der Waals surface area contributed by atoms with Crippen molar-refractivity contribution in [1.82, 2.24) is 15.1 Å². The van der Waals surface area contributed by atoms with E-state index in [1.165, 1.54) is 29.2 Å². The standard InChI is InChI=1S/C24H25FN4O3/c1-24(23(31)26-13-6-14-32-2)16-28-21(15-20(27-28)17-7-4-3-5-8-17)22(30)29(24)19-11-9-18(25)10-12-19/h3-5,7-12,15H,6,13-14,16H2,1-2H3,(H,26,31). The molecule has 7 nitrogen and oxygen atoms in total. The molecule has 8 heteroatoms. The fourth-order valence-electron chi connectivity index (χ4n) is 3.94. The van der Waals surface area contributed by atoms with Crippen molar-refractivity contribution >= 4 is 17.5 Å². The predicted molar refractivity (Wildman–Crippen MR) is 119 cm³/mol. The highest BCUT2D eigenvalue weighted by Crippen LogP contribution is 2.34. The number of ether oxygens (including phenoxy) is 1. The zero-order chi connectivity index (χ0) is 22.7. The van der Waals surface area contributed by atoms with Gasteiger partial charge in [-0.3, -0.25) is 19.2 Å². The van der Waals surface area contributed by atoms with Crippen LogP contribution in [0.15, 0.2) is 60.7 Å². The zero-order valence-electron chi connectivity index (χ0n) is 18.0. The Hall–Kier alpha value is -3.52. The molecule has 2 heterocycles. The van der Waals surface area contributed by atoms with E-state index in [1.807, 2.05) is 30.3 Å².